The highest BCUT2D eigenvalue weighted by Gasteiger charge is 2.18. The summed E-state index contributed by atoms with van der Waals surface area (Å²) in [5, 5.41) is 3.09. The Kier molecular flexibility index (Phi) is 2.21. The van der Waals surface area contributed by atoms with Gasteiger partial charge in [-0.05, 0) is 35.5 Å². The van der Waals surface area contributed by atoms with E-state index >= 15 is 0 Å². The topological polar surface area (TPSA) is 55.1 Å². The Hall–Kier alpha value is -1.42. The fourth-order valence-electron chi connectivity index (χ4n) is 1.67. The first kappa shape index (κ1) is 9.15. The monoisotopic (exact) mass is 206 g/mol. The Morgan fingerprint density at radius 2 is 2.07 bits per heavy atom. The van der Waals surface area contributed by atoms with E-state index in [1.54, 1.807) is 0 Å². The Morgan fingerprint density at radius 1 is 1.36 bits per heavy atom. The quantitative estimate of drug-likeness (QED) is 0.673. The molecule has 3 N–H and O–H groups in total. The number of carbonyl (C=O) groups is 1. The van der Waals surface area contributed by atoms with E-state index < -0.39 is 0 Å². The SMILES string of the molecule is NC(=S)Nc1ccc2c(c1)CC(=O)C2. The number of hydrogen-bond donors (Lipinski definition) is 2. The molecule has 0 aromatic heterocycles. The van der Waals surface area contributed by atoms with E-state index in [0.29, 0.717) is 12.8 Å². The van der Waals surface area contributed by atoms with Crippen LogP contribution >= 0.6 is 12.2 Å². The molecule has 0 atom stereocenters. The highest BCUT2D eigenvalue weighted by atomic mass is 32.1. The average Bonchev–Trinajstić information content (AvgIpc) is 2.42. The van der Waals surface area contributed by atoms with Gasteiger partial charge in [0.1, 0.15) is 5.78 Å². The standard InChI is InChI=1S/C10H10N2OS/c11-10(14)12-8-2-1-6-4-9(13)5-7(6)3-8/h1-3H,4-5H2,(H3,11,12,14). The lowest BCUT2D eigenvalue weighted by molar-refractivity contribution is -0.117. The number of Topliss-reactive ketones (excluding diaryl/α,β-unsaturated/α-hetero) is 1. The van der Waals surface area contributed by atoms with Crippen LogP contribution < -0.4 is 11.1 Å². The summed E-state index contributed by atoms with van der Waals surface area (Å²) in [6.07, 6.45) is 1.09. The van der Waals surface area contributed by atoms with Crippen LogP contribution in [0.5, 0.6) is 0 Å². The lowest BCUT2D eigenvalue weighted by Gasteiger charge is -2.05. The molecule has 1 aliphatic carbocycles. The molecule has 0 radical (unpaired) electrons. The van der Waals surface area contributed by atoms with Gasteiger partial charge in [-0.15, -0.1) is 0 Å². The number of rotatable bonds is 1. The largest absolute Gasteiger partial charge is 0.376 e. The molecule has 0 unspecified atom stereocenters. The first-order valence-electron chi connectivity index (χ1n) is 4.35. The smallest absolute Gasteiger partial charge is 0.168 e. The Labute approximate surface area is 87.3 Å². The lowest BCUT2D eigenvalue weighted by atomic mass is 10.1. The van der Waals surface area contributed by atoms with Gasteiger partial charge in [-0.2, -0.15) is 0 Å². The maximum atomic E-state index is 11.2. The maximum Gasteiger partial charge on any atom is 0.168 e. The maximum absolute atomic E-state index is 11.2. The van der Waals surface area contributed by atoms with Crippen LogP contribution in [0, 0.1) is 0 Å². The zero-order valence-electron chi connectivity index (χ0n) is 7.54. The number of benzene rings is 1. The van der Waals surface area contributed by atoms with Gasteiger partial charge in [-0.3, -0.25) is 4.79 Å². The summed E-state index contributed by atoms with van der Waals surface area (Å²) in [5.41, 5.74) is 8.40. The second-order valence-electron chi connectivity index (χ2n) is 3.36. The molecule has 1 aromatic rings. The minimum atomic E-state index is 0.245. The molecule has 4 heteroatoms. The van der Waals surface area contributed by atoms with E-state index in [4.69, 9.17) is 18.0 Å². The molecule has 2 rings (SSSR count). The molecule has 1 aromatic carbocycles. The van der Waals surface area contributed by atoms with Gasteiger partial charge < -0.3 is 11.1 Å². The Balaban J connectivity index is 2.28. The molecule has 0 spiro atoms. The van der Waals surface area contributed by atoms with Crippen molar-refractivity contribution in [2.45, 2.75) is 12.8 Å². The zero-order chi connectivity index (χ0) is 10.1. The number of hydrogen-bond acceptors (Lipinski definition) is 2. The minimum Gasteiger partial charge on any atom is -0.376 e. The summed E-state index contributed by atoms with van der Waals surface area (Å²) in [7, 11) is 0. The first-order chi connectivity index (χ1) is 6.65. The number of anilines is 1. The minimum absolute atomic E-state index is 0.245. The van der Waals surface area contributed by atoms with Crippen molar-refractivity contribution < 1.29 is 4.79 Å². The van der Waals surface area contributed by atoms with Crippen molar-refractivity contribution in [3.05, 3.63) is 29.3 Å². The number of nitrogens with one attached hydrogen (secondary N) is 1. The number of thiocarbonyl (C=S) groups is 1. The number of nitrogens with two attached hydrogens (primary N) is 1. The molecule has 0 saturated carbocycles. The van der Waals surface area contributed by atoms with Gasteiger partial charge in [-0.25, -0.2) is 0 Å². The molecule has 0 fully saturated rings. The highest BCUT2D eigenvalue weighted by molar-refractivity contribution is 7.80. The molecule has 72 valence electrons. The van der Waals surface area contributed by atoms with E-state index in [-0.39, 0.29) is 10.9 Å². The predicted molar refractivity (Wildman–Crippen MR) is 59.3 cm³/mol. The van der Waals surface area contributed by atoms with Gasteiger partial charge >= 0.3 is 0 Å². The van der Waals surface area contributed by atoms with Gasteiger partial charge in [0.05, 0.1) is 0 Å². The molecule has 14 heavy (non-hydrogen) atoms. The molecule has 0 saturated heterocycles. The van der Waals surface area contributed by atoms with Gasteiger partial charge in [0, 0.05) is 18.5 Å². The summed E-state index contributed by atoms with van der Waals surface area (Å²) < 4.78 is 0. The summed E-state index contributed by atoms with van der Waals surface area (Å²) in [6.45, 7) is 0. The van der Waals surface area contributed by atoms with Crippen molar-refractivity contribution in [1.29, 1.82) is 0 Å². The van der Waals surface area contributed by atoms with Crippen LogP contribution in [0.2, 0.25) is 0 Å². The van der Waals surface area contributed by atoms with Gasteiger partial charge in [0.15, 0.2) is 5.11 Å². The molecule has 0 aliphatic heterocycles. The number of fused-ring (bicyclic) bond motifs is 1. The second-order valence-corrected chi connectivity index (χ2v) is 3.80. The van der Waals surface area contributed by atoms with Crippen LogP contribution in [0.4, 0.5) is 5.69 Å². The van der Waals surface area contributed by atoms with Crippen molar-refractivity contribution >= 4 is 28.8 Å². The third-order valence-electron chi connectivity index (χ3n) is 2.25. The van der Waals surface area contributed by atoms with Crippen molar-refractivity contribution in [1.82, 2.24) is 0 Å². The van der Waals surface area contributed by atoms with Crippen LogP contribution in [0.15, 0.2) is 18.2 Å². The third-order valence-corrected chi connectivity index (χ3v) is 2.35. The van der Waals surface area contributed by atoms with E-state index in [1.807, 2.05) is 18.2 Å². The third kappa shape index (κ3) is 1.75. The predicted octanol–water partition coefficient (Wildman–Crippen LogP) is 1.01. The molecule has 0 amide bonds. The van der Waals surface area contributed by atoms with E-state index in [9.17, 15) is 4.79 Å². The molecule has 0 bridgehead atoms. The van der Waals surface area contributed by atoms with E-state index in [2.05, 4.69) is 5.32 Å². The summed E-state index contributed by atoms with van der Waals surface area (Å²) in [5.74, 6) is 0.271. The first-order valence-corrected chi connectivity index (χ1v) is 4.76. The van der Waals surface area contributed by atoms with Crippen molar-refractivity contribution in [3.8, 4) is 0 Å². The molecule has 0 heterocycles. The lowest BCUT2D eigenvalue weighted by Crippen LogP contribution is -2.18. The average molecular weight is 206 g/mol. The van der Waals surface area contributed by atoms with E-state index in [1.165, 1.54) is 0 Å². The number of carbonyl (C=O) groups excluding carboxylic acids is 1. The molecular weight excluding hydrogens is 196 g/mol. The zero-order valence-corrected chi connectivity index (χ0v) is 8.36. The molecule has 3 nitrogen and oxygen atoms in total. The summed E-state index contributed by atoms with van der Waals surface area (Å²) in [4.78, 5) is 11.2. The van der Waals surface area contributed by atoms with Crippen LogP contribution in [0.1, 0.15) is 11.1 Å². The van der Waals surface area contributed by atoms with Crippen LogP contribution in [-0.4, -0.2) is 10.9 Å². The number of ketones is 1. The van der Waals surface area contributed by atoms with Crippen LogP contribution in [-0.2, 0) is 17.6 Å². The Bertz CT molecular complexity index is 415. The fraction of sp³-hybridized carbons (Fsp3) is 0.200. The van der Waals surface area contributed by atoms with Crippen LogP contribution in [0.3, 0.4) is 0 Å². The normalized spacial score (nSPS) is 13.9. The Morgan fingerprint density at radius 3 is 2.79 bits per heavy atom. The van der Waals surface area contributed by atoms with E-state index in [0.717, 1.165) is 16.8 Å². The van der Waals surface area contributed by atoms with Gasteiger partial charge in [0.2, 0.25) is 0 Å². The molecular formula is C10H10N2OS. The molecule has 1 aliphatic rings. The highest BCUT2D eigenvalue weighted by Crippen LogP contribution is 2.22. The van der Waals surface area contributed by atoms with Crippen LogP contribution in [0.25, 0.3) is 0 Å². The fourth-order valence-corrected chi connectivity index (χ4v) is 1.79. The van der Waals surface area contributed by atoms with Gasteiger partial charge in [-0.1, -0.05) is 6.07 Å². The van der Waals surface area contributed by atoms with Crippen molar-refractivity contribution in [3.63, 3.8) is 0 Å². The van der Waals surface area contributed by atoms with Crippen molar-refractivity contribution in [2.24, 2.45) is 5.73 Å². The van der Waals surface area contributed by atoms with Gasteiger partial charge in [0.25, 0.3) is 0 Å². The summed E-state index contributed by atoms with van der Waals surface area (Å²) in [6, 6.07) is 5.76. The summed E-state index contributed by atoms with van der Waals surface area (Å²) >= 11 is 4.73. The van der Waals surface area contributed by atoms with Crippen molar-refractivity contribution in [2.75, 3.05) is 5.32 Å². The second kappa shape index (κ2) is 3.38.